The number of hydrogen-bond donors (Lipinski definition) is 1. The van der Waals surface area contributed by atoms with Crippen LogP contribution in [0.1, 0.15) is 18.4 Å². The van der Waals surface area contributed by atoms with Crippen molar-refractivity contribution in [2.75, 3.05) is 25.1 Å². The molecule has 0 spiro atoms. The van der Waals surface area contributed by atoms with Gasteiger partial charge in [-0.3, -0.25) is 0 Å². The third-order valence-electron chi connectivity index (χ3n) is 2.56. The van der Waals surface area contributed by atoms with E-state index in [-0.39, 0.29) is 5.75 Å². The van der Waals surface area contributed by atoms with E-state index in [0.717, 1.165) is 25.8 Å². The van der Waals surface area contributed by atoms with Crippen LogP contribution in [0.15, 0.2) is 30.3 Å². The monoisotopic (exact) mass is 255 g/mol. The Morgan fingerprint density at radius 1 is 1.06 bits per heavy atom. The quantitative estimate of drug-likeness (QED) is 0.718. The van der Waals surface area contributed by atoms with Crippen molar-refractivity contribution < 1.29 is 8.42 Å². The highest BCUT2D eigenvalue weighted by Gasteiger charge is 2.00. The highest BCUT2D eigenvalue weighted by molar-refractivity contribution is 7.90. The van der Waals surface area contributed by atoms with Gasteiger partial charge in [0.1, 0.15) is 9.84 Å². The number of aryl methyl sites for hydroxylation is 1. The first-order valence-corrected chi connectivity index (χ1v) is 8.06. The molecule has 0 unspecified atom stereocenters. The minimum Gasteiger partial charge on any atom is -0.316 e. The lowest BCUT2D eigenvalue weighted by Gasteiger charge is -2.04. The van der Waals surface area contributed by atoms with Crippen molar-refractivity contribution in [3.05, 3.63) is 35.9 Å². The molecule has 0 saturated carbocycles. The van der Waals surface area contributed by atoms with E-state index >= 15 is 0 Å². The van der Waals surface area contributed by atoms with Gasteiger partial charge >= 0.3 is 0 Å². The first kappa shape index (κ1) is 14.2. The van der Waals surface area contributed by atoms with E-state index in [4.69, 9.17) is 0 Å². The van der Waals surface area contributed by atoms with E-state index in [0.29, 0.717) is 6.54 Å². The second-order valence-electron chi connectivity index (χ2n) is 4.32. The normalized spacial score (nSPS) is 11.6. The van der Waals surface area contributed by atoms with Crippen molar-refractivity contribution in [1.29, 1.82) is 0 Å². The van der Waals surface area contributed by atoms with Crippen LogP contribution in [-0.2, 0) is 16.3 Å². The Morgan fingerprint density at radius 2 is 1.76 bits per heavy atom. The van der Waals surface area contributed by atoms with Gasteiger partial charge in [-0.15, -0.1) is 0 Å². The minimum absolute atomic E-state index is 0.228. The molecule has 0 aliphatic carbocycles. The van der Waals surface area contributed by atoms with Crippen LogP contribution in [0, 0.1) is 0 Å². The summed E-state index contributed by atoms with van der Waals surface area (Å²) in [6.07, 6.45) is 4.58. The lowest BCUT2D eigenvalue weighted by molar-refractivity contribution is 0.592. The molecule has 0 radical (unpaired) electrons. The Hall–Kier alpha value is -0.870. The standard InChI is InChI=1S/C13H21NO2S/c1-17(15,16)12-11-14-10-6-5-9-13-7-3-2-4-8-13/h2-4,7-8,14H,5-6,9-12H2,1H3. The number of hydrogen-bond acceptors (Lipinski definition) is 3. The molecule has 0 aromatic heterocycles. The highest BCUT2D eigenvalue weighted by Crippen LogP contribution is 2.03. The lowest BCUT2D eigenvalue weighted by Crippen LogP contribution is -2.23. The largest absolute Gasteiger partial charge is 0.316 e. The lowest BCUT2D eigenvalue weighted by atomic mass is 10.1. The Morgan fingerprint density at radius 3 is 2.41 bits per heavy atom. The van der Waals surface area contributed by atoms with Crippen LogP contribution in [0.5, 0.6) is 0 Å². The van der Waals surface area contributed by atoms with Gasteiger partial charge in [0, 0.05) is 12.8 Å². The first-order chi connectivity index (χ1) is 8.08. The van der Waals surface area contributed by atoms with Crippen molar-refractivity contribution >= 4 is 9.84 Å². The summed E-state index contributed by atoms with van der Waals surface area (Å²) in [7, 11) is -2.82. The van der Waals surface area contributed by atoms with Gasteiger partial charge < -0.3 is 5.32 Å². The SMILES string of the molecule is CS(=O)(=O)CCNCCCCc1ccccc1. The van der Waals surface area contributed by atoms with Gasteiger partial charge in [-0.25, -0.2) is 8.42 Å². The van der Waals surface area contributed by atoms with Gasteiger partial charge in [0.2, 0.25) is 0 Å². The predicted molar refractivity (Wildman–Crippen MR) is 72.0 cm³/mol. The number of sulfone groups is 1. The number of nitrogens with one attached hydrogen (secondary N) is 1. The predicted octanol–water partition coefficient (Wildman–Crippen LogP) is 1.64. The molecule has 0 amide bonds. The first-order valence-electron chi connectivity index (χ1n) is 6.00. The summed E-state index contributed by atoms with van der Waals surface area (Å²) in [5.74, 6) is 0.228. The van der Waals surface area contributed by atoms with Crippen molar-refractivity contribution in [2.45, 2.75) is 19.3 Å². The molecule has 0 bridgehead atoms. The topological polar surface area (TPSA) is 46.2 Å². The van der Waals surface area contributed by atoms with Gasteiger partial charge in [0.25, 0.3) is 0 Å². The van der Waals surface area contributed by atoms with Gasteiger partial charge in [0.15, 0.2) is 0 Å². The molecule has 0 fully saturated rings. The second kappa shape index (κ2) is 7.45. The van der Waals surface area contributed by atoms with Crippen LogP contribution in [-0.4, -0.2) is 33.5 Å². The molecule has 17 heavy (non-hydrogen) atoms. The zero-order valence-electron chi connectivity index (χ0n) is 10.4. The third kappa shape index (κ3) is 7.94. The summed E-state index contributed by atoms with van der Waals surface area (Å²) in [6, 6.07) is 10.4. The van der Waals surface area contributed by atoms with Crippen LogP contribution < -0.4 is 5.32 Å². The van der Waals surface area contributed by atoms with Crippen LogP contribution in [0.4, 0.5) is 0 Å². The van der Waals surface area contributed by atoms with Crippen molar-refractivity contribution in [2.24, 2.45) is 0 Å². The molecule has 1 aromatic carbocycles. The molecular weight excluding hydrogens is 234 g/mol. The molecule has 3 nitrogen and oxygen atoms in total. The number of benzene rings is 1. The van der Waals surface area contributed by atoms with Gasteiger partial charge in [-0.2, -0.15) is 0 Å². The summed E-state index contributed by atoms with van der Waals surface area (Å²) in [5.41, 5.74) is 1.36. The number of unbranched alkanes of at least 4 members (excludes halogenated alkanes) is 1. The van der Waals surface area contributed by atoms with Crippen LogP contribution in [0.2, 0.25) is 0 Å². The third-order valence-corrected chi connectivity index (χ3v) is 3.51. The maximum Gasteiger partial charge on any atom is 0.148 e. The fourth-order valence-electron chi connectivity index (χ4n) is 1.61. The molecule has 0 heterocycles. The van der Waals surface area contributed by atoms with E-state index in [1.165, 1.54) is 11.8 Å². The molecule has 1 aromatic rings. The highest BCUT2D eigenvalue weighted by atomic mass is 32.2. The average Bonchev–Trinajstić information content (AvgIpc) is 2.28. The van der Waals surface area contributed by atoms with Gasteiger partial charge in [-0.1, -0.05) is 30.3 Å². The summed E-state index contributed by atoms with van der Waals surface area (Å²) >= 11 is 0. The van der Waals surface area contributed by atoms with Crippen LogP contribution >= 0.6 is 0 Å². The maximum atomic E-state index is 10.9. The Balaban J connectivity index is 1.99. The summed E-state index contributed by atoms with van der Waals surface area (Å²) in [4.78, 5) is 0. The average molecular weight is 255 g/mol. The molecule has 0 aliphatic rings. The molecule has 1 N–H and O–H groups in total. The maximum absolute atomic E-state index is 10.9. The fraction of sp³-hybridized carbons (Fsp3) is 0.538. The summed E-state index contributed by atoms with van der Waals surface area (Å²) in [5, 5.41) is 3.15. The zero-order chi connectivity index (χ0) is 12.6. The van der Waals surface area contributed by atoms with Crippen LogP contribution in [0.3, 0.4) is 0 Å². The summed E-state index contributed by atoms with van der Waals surface area (Å²) < 4.78 is 21.7. The Kier molecular flexibility index (Phi) is 6.22. The molecule has 4 heteroatoms. The zero-order valence-corrected chi connectivity index (χ0v) is 11.2. The van der Waals surface area contributed by atoms with Gasteiger partial charge in [0.05, 0.1) is 5.75 Å². The smallest absolute Gasteiger partial charge is 0.148 e. The van der Waals surface area contributed by atoms with E-state index < -0.39 is 9.84 Å². The van der Waals surface area contributed by atoms with E-state index in [9.17, 15) is 8.42 Å². The van der Waals surface area contributed by atoms with Crippen LogP contribution in [0.25, 0.3) is 0 Å². The van der Waals surface area contributed by atoms with E-state index in [2.05, 4.69) is 29.6 Å². The van der Waals surface area contributed by atoms with E-state index in [1.54, 1.807) is 0 Å². The molecule has 0 atom stereocenters. The minimum atomic E-state index is -2.82. The van der Waals surface area contributed by atoms with Crippen molar-refractivity contribution in [1.82, 2.24) is 5.32 Å². The number of rotatable bonds is 8. The van der Waals surface area contributed by atoms with Crippen molar-refractivity contribution in [3.63, 3.8) is 0 Å². The fourth-order valence-corrected chi connectivity index (χ4v) is 2.12. The Labute approximate surface area is 104 Å². The molecule has 0 saturated heterocycles. The van der Waals surface area contributed by atoms with Crippen molar-refractivity contribution in [3.8, 4) is 0 Å². The molecule has 96 valence electrons. The second-order valence-corrected chi connectivity index (χ2v) is 6.58. The molecular formula is C13H21NO2S. The Bertz CT molecular complexity index is 401. The van der Waals surface area contributed by atoms with Gasteiger partial charge in [-0.05, 0) is 31.4 Å². The molecule has 1 rings (SSSR count). The van der Waals surface area contributed by atoms with E-state index in [1.807, 2.05) is 6.07 Å². The molecule has 0 aliphatic heterocycles. The summed E-state index contributed by atoms with van der Waals surface area (Å²) in [6.45, 7) is 1.45.